The molecule has 2 aliphatic rings. The normalized spacial score (nSPS) is 19.1. The number of guanidine groups is 1. The van der Waals surface area contributed by atoms with Crippen LogP contribution in [0.15, 0.2) is 65.7 Å². The molecule has 0 aliphatic carbocycles. The molecule has 2 aromatic rings. The molecule has 2 aliphatic heterocycles. The zero-order valence-corrected chi connectivity index (χ0v) is 21.0. The summed E-state index contributed by atoms with van der Waals surface area (Å²) in [4.78, 5) is 21.3. The number of aliphatic imine (C=N–C) groups is 1. The third-order valence-electron chi connectivity index (χ3n) is 6.18. The average Bonchev–Trinajstić information content (AvgIpc) is 3.38. The van der Waals surface area contributed by atoms with Gasteiger partial charge in [0.2, 0.25) is 0 Å². The first-order valence-electron chi connectivity index (χ1n) is 11.2. The molecule has 1 amide bonds. The molecule has 0 spiro atoms. The molecule has 2 saturated heterocycles. The minimum atomic E-state index is -0.235. The first kappa shape index (κ1) is 24.5. The lowest BCUT2D eigenvalue weighted by molar-refractivity contribution is -0.142. The number of hydrogen-bond donors (Lipinski definition) is 1. The van der Waals surface area contributed by atoms with E-state index in [1.54, 1.807) is 0 Å². The summed E-state index contributed by atoms with van der Waals surface area (Å²) in [5.74, 6) is 1.27. The lowest BCUT2D eigenvalue weighted by Crippen LogP contribution is -2.55. The van der Waals surface area contributed by atoms with Crippen LogP contribution in [0.25, 0.3) is 0 Å². The van der Waals surface area contributed by atoms with E-state index in [-0.39, 0.29) is 41.9 Å². The van der Waals surface area contributed by atoms with Crippen molar-refractivity contribution in [1.29, 1.82) is 0 Å². The zero-order chi connectivity index (χ0) is 21.5. The van der Waals surface area contributed by atoms with Gasteiger partial charge in [-0.15, -0.1) is 24.0 Å². The number of ether oxygens (including phenoxy) is 1. The van der Waals surface area contributed by atoms with E-state index >= 15 is 0 Å². The lowest BCUT2D eigenvalue weighted by atomic mass is 9.91. The summed E-state index contributed by atoms with van der Waals surface area (Å²) in [6.07, 6.45) is 1.60. The fraction of sp³-hybridized carbons (Fsp3) is 0.440. The molecule has 172 valence electrons. The van der Waals surface area contributed by atoms with Gasteiger partial charge >= 0.3 is 0 Å². The van der Waals surface area contributed by atoms with Crippen LogP contribution in [0.1, 0.15) is 29.9 Å². The molecule has 32 heavy (non-hydrogen) atoms. The number of benzene rings is 2. The van der Waals surface area contributed by atoms with Crippen molar-refractivity contribution < 1.29 is 9.53 Å². The predicted octanol–water partition coefficient (Wildman–Crippen LogP) is 3.34. The Labute approximate surface area is 208 Å². The third kappa shape index (κ3) is 6.01. The van der Waals surface area contributed by atoms with Gasteiger partial charge in [0.05, 0.1) is 0 Å². The molecular formula is C25H33IN4O2. The van der Waals surface area contributed by atoms with E-state index in [2.05, 4.69) is 75.9 Å². The zero-order valence-electron chi connectivity index (χ0n) is 18.7. The van der Waals surface area contributed by atoms with Crippen LogP contribution in [0, 0.1) is 0 Å². The van der Waals surface area contributed by atoms with Crippen LogP contribution in [0.2, 0.25) is 0 Å². The molecule has 0 aromatic heterocycles. The Morgan fingerprint density at radius 3 is 2.06 bits per heavy atom. The number of amides is 1. The number of nitrogens with zero attached hydrogens (tertiary/aromatic N) is 3. The Hall–Kier alpha value is -2.13. The Kier molecular flexibility index (Phi) is 9.35. The number of hydrogen-bond acceptors (Lipinski definition) is 3. The van der Waals surface area contributed by atoms with Crippen molar-refractivity contribution in [3.8, 4) is 0 Å². The van der Waals surface area contributed by atoms with Crippen molar-refractivity contribution in [2.75, 3.05) is 46.4 Å². The molecule has 1 atom stereocenters. The molecule has 2 fully saturated rings. The highest BCUT2D eigenvalue weighted by Gasteiger charge is 2.31. The molecule has 0 bridgehead atoms. The second kappa shape index (κ2) is 12.2. The van der Waals surface area contributed by atoms with Crippen LogP contribution in [0.4, 0.5) is 0 Å². The molecular weight excluding hydrogens is 515 g/mol. The van der Waals surface area contributed by atoms with Crippen molar-refractivity contribution in [3.63, 3.8) is 0 Å². The summed E-state index contributed by atoms with van der Waals surface area (Å²) >= 11 is 0. The van der Waals surface area contributed by atoms with Gasteiger partial charge in [0.1, 0.15) is 6.10 Å². The number of halogens is 1. The lowest BCUT2D eigenvalue weighted by Gasteiger charge is -2.37. The highest BCUT2D eigenvalue weighted by molar-refractivity contribution is 14.0. The fourth-order valence-electron chi connectivity index (χ4n) is 4.44. The average molecular weight is 548 g/mol. The highest BCUT2D eigenvalue weighted by atomic mass is 127. The first-order valence-corrected chi connectivity index (χ1v) is 11.2. The van der Waals surface area contributed by atoms with Crippen LogP contribution in [0.3, 0.4) is 0 Å². The maximum Gasteiger partial charge on any atom is 0.251 e. The molecule has 7 heteroatoms. The Morgan fingerprint density at radius 1 is 1.00 bits per heavy atom. The number of rotatable bonds is 5. The minimum absolute atomic E-state index is 0. The summed E-state index contributed by atoms with van der Waals surface area (Å²) < 4.78 is 5.57. The van der Waals surface area contributed by atoms with Crippen LogP contribution < -0.4 is 5.32 Å². The van der Waals surface area contributed by atoms with Crippen molar-refractivity contribution in [2.24, 2.45) is 4.99 Å². The van der Waals surface area contributed by atoms with Crippen LogP contribution in [-0.4, -0.2) is 74.1 Å². The van der Waals surface area contributed by atoms with E-state index in [9.17, 15) is 4.79 Å². The van der Waals surface area contributed by atoms with Gasteiger partial charge in [-0.2, -0.15) is 0 Å². The quantitative estimate of drug-likeness (QED) is 0.354. The number of nitrogens with one attached hydrogen (secondary N) is 1. The largest absolute Gasteiger partial charge is 0.368 e. The third-order valence-corrected chi connectivity index (χ3v) is 6.18. The summed E-state index contributed by atoms with van der Waals surface area (Å²) in [7, 11) is 1.83. The number of carbonyl (C=O) groups is 1. The molecule has 0 radical (unpaired) electrons. The molecule has 4 rings (SSSR count). The van der Waals surface area contributed by atoms with E-state index in [1.807, 2.05) is 11.9 Å². The van der Waals surface area contributed by atoms with Crippen LogP contribution >= 0.6 is 24.0 Å². The second-order valence-corrected chi connectivity index (χ2v) is 8.12. The molecule has 6 nitrogen and oxygen atoms in total. The van der Waals surface area contributed by atoms with E-state index in [0.29, 0.717) is 19.7 Å². The highest BCUT2D eigenvalue weighted by Crippen LogP contribution is 2.24. The smallest absolute Gasteiger partial charge is 0.251 e. The van der Waals surface area contributed by atoms with E-state index in [4.69, 9.17) is 4.74 Å². The minimum Gasteiger partial charge on any atom is -0.368 e. The van der Waals surface area contributed by atoms with Gasteiger partial charge in [0.15, 0.2) is 5.96 Å². The summed E-state index contributed by atoms with van der Waals surface area (Å²) in [5.41, 5.74) is 2.56. The van der Waals surface area contributed by atoms with Gasteiger partial charge in [-0.05, 0) is 24.0 Å². The van der Waals surface area contributed by atoms with Gasteiger partial charge in [-0.1, -0.05) is 60.7 Å². The monoisotopic (exact) mass is 548 g/mol. The second-order valence-electron chi connectivity index (χ2n) is 8.12. The molecule has 2 aromatic carbocycles. The standard InChI is InChI=1S/C25H32N4O2.HI/c1-26-25(29-16-14-28(15-17-29)24(30)23-13-8-18-31-23)27-19-22(20-9-4-2-5-10-20)21-11-6-3-7-12-21;/h2-7,9-12,22-23H,8,13-19H2,1H3,(H,26,27);1H. The summed E-state index contributed by atoms with van der Waals surface area (Å²) in [6, 6.07) is 21.2. The van der Waals surface area contributed by atoms with E-state index in [1.165, 1.54) is 11.1 Å². The van der Waals surface area contributed by atoms with Crippen molar-refractivity contribution in [2.45, 2.75) is 24.9 Å². The number of piperazine rings is 1. The van der Waals surface area contributed by atoms with Gasteiger partial charge in [-0.25, -0.2) is 0 Å². The van der Waals surface area contributed by atoms with Gasteiger partial charge in [0.25, 0.3) is 5.91 Å². The molecule has 1 N–H and O–H groups in total. The first-order chi connectivity index (χ1) is 15.3. The van der Waals surface area contributed by atoms with Crippen LogP contribution in [-0.2, 0) is 9.53 Å². The Morgan fingerprint density at radius 2 is 1.56 bits per heavy atom. The summed E-state index contributed by atoms with van der Waals surface area (Å²) in [6.45, 7) is 4.44. The maximum atomic E-state index is 12.6. The predicted molar refractivity (Wildman–Crippen MR) is 139 cm³/mol. The van der Waals surface area contributed by atoms with Gasteiger partial charge in [-0.3, -0.25) is 9.79 Å². The van der Waals surface area contributed by atoms with E-state index < -0.39 is 0 Å². The topological polar surface area (TPSA) is 57.2 Å². The van der Waals surface area contributed by atoms with Crippen LogP contribution in [0.5, 0.6) is 0 Å². The molecule has 1 unspecified atom stereocenters. The van der Waals surface area contributed by atoms with Crippen molar-refractivity contribution in [3.05, 3.63) is 71.8 Å². The summed E-state index contributed by atoms with van der Waals surface area (Å²) in [5, 5.41) is 3.58. The Bertz CT molecular complexity index is 825. The Balaban J connectivity index is 0.00000289. The molecule has 0 saturated carbocycles. The maximum absolute atomic E-state index is 12.6. The SMILES string of the molecule is CN=C(NCC(c1ccccc1)c1ccccc1)N1CCN(C(=O)C2CCCO2)CC1.I. The van der Waals surface area contributed by atoms with Gasteiger partial charge in [0, 0.05) is 52.3 Å². The fourth-order valence-corrected chi connectivity index (χ4v) is 4.44. The van der Waals surface area contributed by atoms with Gasteiger partial charge < -0.3 is 19.9 Å². The van der Waals surface area contributed by atoms with Crippen molar-refractivity contribution >= 4 is 35.8 Å². The van der Waals surface area contributed by atoms with Crippen molar-refractivity contribution in [1.82, 2.24) is 15.1 Å². The van der Waals surface area contributed by atoms with E-state index in [0.717, 1.165) is 38.4 Å². The molecule has 2 heterocycles. The number of carbonyl (C=O) groups excluding carboxylic acids is 1.